The van der Waals surface area contributed by atoms with E-state index in [4.69, 9.17) is 4.74 Å². The number of morpholine rings is 1. The van der Waals surface area contributed by atoms with Gasteiger partial charge in [0.05, 0.1) is 19.8 Å². The average Bonchev–Trinajstić information content (AvgIpc) is 2.64. The highest BCUT2D eigenvalue weighted by molar-refractivity contribution is 6.39. The first-order chi connectivity index (χ1) is 12.5. The molecule has 8 nitrogen and oxygen atoms in total. The smallest absolute Gasteiger partial charge is 0.328 e. The van der Waals surface area contributed by atoms with Gasteiger partial charge in [0.2, 0.25) is 5.91 Å². The van der Waals surface area contributed by atoms with E-state index in [0.717, 1.165) is 0 Å². The maximum absolute atomic E-state index is 13.0. The molecule has 2 aliphatic heterocycles. The van der Waals surface area contributed by atoms with Crippen molar-refractivity contribution in [3.63, 3.8) is 0 Å². The Labute approximate surface area is 148 Å². The van der Waals surface area contributed by atoms with Crippen LogP contribution in [0, 0.1) is 5.82 Å². The lowest BCUT2D eigenvalue weighted by molar-refractivity contribution is -0.155. The van der Waals surface area contributed by atoms with E-state index in [9.17, 15) is 23.9 Å². The van der Waals surface area contributed by atoms with Crippen LogP contribution < -0.4 is 0 Å². The van der Waals surface area contributed by atoms with Crippen LogP contribution in [0.25, 0.3) is 0 Å². The van der Waals surface area contributed by atoms with Crippen molar-refractivity contribution >= 4 is 23.5 Å². The summed E-state index contributed by atoms with van der Waals surface area (Å²) in [6, 6.07) is 4.57. The monoisotopic (exact) mass is 363 g/mol. The van der Waals surface area contributed by atoms with Crippen molar-refractivity contribution in [1.82, 2.24) is 9.91 Å². The van der Waals surface area contributed by atoms with E-state index < -0.39 is 17.9 Å². The zero-order chi connectivity index (χ0) is 18.7. The van der Waals surface area contributed by atoms with Gasteiger partial charge in [-0.05, 0) is 17.7 Å². The maximum atomic E-state index is 13.0. The van der Waals surface area contributed by atoms with Crippen LogP contribution in [0.2, 0.25) is 0 Å². The number of benzene rings is 1. The van der Waals surface area contributed by atoms with Crippen molar-refractivity contribution in [2.24, 2.45) is 5.10 Å². The Kier molecular flexibility index (Phi) is 5.27. The molecule has 0 spiro atoms. The van der Waals surface area contributed by atoms with Crippen LogP contribution in [-0.4, -0.2) is 64.3 Å². The molecular weight excluding hydrogens is 345 g/mol. The van der Waals surface area contributed by atoms with Crippen LogP contribution in [0.4, 0.5) is 4.39 Å². The van der Waals surface area contributed by atoms with Crippen LogP contribution in [0.1, 0.15) is 18.4 Å². The van der Waals surface area contributed by atoms with Crippen LogP contribution >= 0.6 is 0 Å². The van der Waals surface area contributed by atoms with Gasteiger partial charge >= 0.3 is 5.97 Å². The number of hydrazone groups is 1. The van der Waals surface area contributed by atoms with E-state index >= 15 is 0 Å². The number of halogens is 1. The lowest BCUT2D eigenvalue weighted by Gasteiger charge is -2.34. The molecule has 0 saturated carbocycles. The number of carbonyl (C=O) groups is 3. The number of rotatable bonds is 4. The van der Waals surface area contributed by atoms with Crippen LogP contribution in [-0.2, 0) is 25.7 Å². The first-order valence-corrected chi connectivity index (χ1v) is 8.19. The van der Waals surface area contributed by atoms with E-state index in [1.54, 1.807) is 0 Å². The zero-order valence-electron chi connectivity index (χ0n) is 13.9. The molecule has 2 amide bonds. The van der Waals surface area contributed by atoms with Crippen molar-refractivity contribution in [1.29, 1.82) is 0 Å². The zero-order valence-corrected chi connectivity index (χ0v) is 13.9. The van der Waals surface area contributed by atoms with Gasteiger partial charge in [-0.1, -0.05) is 12.1 Å². The molecule has 1 N–H and O–H groups in total. The van der Waals surface area contributed by atoms with E-state index in [1.165, 1.54) is 34.2 Å². The highest BCUT2D eigenvalue weighted by atomic mass is 19.1. The summed E-state index contributed by atoms with van der Waals surface area (Å²) in [6.07, 6.45) is 0.259. The van der Waals surface area contributed by atoms with Gasteiger partial charge in [0, 0.05) is 19.4 Å². The van der Waals surface area contributed by atoms with Gasteiger partial charge in [0.1, 0.15) is 11.5 Å². The molecule has 2 heterocycles. The number of hydrogen-bond donors (Lipinski definition) is 1. The molecule has 0 aliphatic carbocycles. The van der Waals surface area contributed by atoms with E-state index in [1.807, 2.05) is 0 Å². The van der Waals surface area contributed by atoms with Crippen molar-refractivity contribution in [3.8, 4) is 0 Å². The first kappa shape index (κ1) is 18.0. The number of amides is 2. The molecule has 1 unspecified atom stereocenters. The summed E-state index contributed by atoms with van der Waals surface area (Å²) >= 11 is 0. The fourth-order valence-corrected chi connectivity index (χ4v) is 2.86. The minimum absolute atomic E-state index is 0.0768. The summed E-state index contributed by atoms with van der Waals surface area (Å²) in [4.78, 5) is 37.3. The Balaban J connectivity index is 1.77. The molecule has 9 heteroatoms. The number of ether oxygens (including phenoxy) is 1. The van der Waals surface area contributed by atoms with Gasteiger partial charge in [-0.2, -0.15) is 5.10 Å². The normalized spacial score (nSPS) is 20.7. The SMILES string of the molecule is O=C(O)C1COCCN1C(=O)C1=NN(Cc2ccc(F)cc2)C(=O)CC1. The third kappa shape index (κ3) is 3.88. The van der Waals surface area contributed by atoms with Crippen molar-refractivity contribution in [2.45, 2.75) is 25.4 Å². The molecule has 0 bridgehead atoms. The molecule has 1 aromatic carbocycles. The molecule has 0 radical (unpaired) electrons. The maximum Gasteiger partial charge on any atom is 0.328 e. The average molecular weight is 363 g/mol. The second-order valence-corrected chi connectivity index (χ2v) is 6.05. The third-order valence-electron chi connectivity index (χ3n) is 4.27. The molecule has 138 valence electrons. The van der Waals surface area contributed by atoms with E-state index in [2.05, 4.69) is 5.10 Å². The highest BCUT2D eigenvalue weighted by Crippen LogP contribution is 2.17. The van der Waals surface area contributed by atoms with Crippen molar-refractivity contribution < 1.29 is 28.6 Å². The Hall–Kier alpha value is -2.81. The van der Waals surface area contributed by atoms with Gasteiger partial charge in [0.15, 0.2) is 6.04 Å². The van der Waals surface area contributed by atoms with E-state index in [-0.39, 0.29) is 56.6 Å². The van der Waals surface area contributed by atoms with Gasteiger partial charge in [0.25, 0.3) is 5.91 Å². The lowest BCUT2D eigenvalue weighted by Crippen LogP contribution is -2.55. The Morgan fingerprint density at radius 2 is 2.00 bits per heavy atom. The second kappa shape index (κ2) is 7.61. The Morgan fingerprint density at radius 1 is 1.27 bits per heavy atom. The molecule has 1 saturated heterocycles. The predicted octanol–water partition coefficient (Wildman–Crippen LogP) is 0.616. The topological polar surface area (TPSA) is 99.5 Å². The number of carbonyl (C=O) groups excluding carboxylic acids is 2. The minimum atomic E-state index is -1.14. The molecule has 26 heavy (non-hydrogen) atoms. The van der Waals surface area contributed by atoms with Gasteiger partial charge in [-0.15, -0.1) is 0 Å². The summed E-state index contributed by atoms with van der Waals surface area (Å²) in [5.74, 6) is -2.28. The fraction of sp³-hybridized carbons (Fsp3) is 0.412. The fourth-order valence-electron chi connectivity index (χ4n) is 2.86. The summed E-state index contributed by atoms with van der Waals surface area (Å²) in [5, 5.41) is 14.6. The number of carboxylic acid groups (broad SMARTS) is 1. The van der Waals surface area contributed by atoms with Crippen LogP contribution in [0.5, 0.6) is 0 Å². The molecule has 1 atom stereocenters. The van der Waals surface area contributed by atoms with Gasteiger partial charge in [-0.25, -0.2) is 14.2 Å². The molecule has 2 aliphatic rings. The molecule has 3 rings (SSSR count). The standard InChI is InChI=1S/C17H18FN3O5/c18-12-3-1-11(2-4-12)9-21-15(22)6-5-13(19-21)16(23)20-7-8-26-10-14(20)17(24)25/h1-4,14H,5-10H2,(H,24,25). The van der Waals surface area contributed by atoms with Crippen LogP contribution in [0.15, 0.2) is 29.4 Å². The molecule has 0 aromatic heterocycles. The highest BCUT2D eigenvalue weighted by Gasteiger charge is 2.36. The van der Waals surface area contributed by atoms with Crippen molar-refractivity contribution in [3.05, 3.63) is 35.6 Å². The summed E-state index contributed by atoms with van der Waals surface area (Å²) < 4.78 is 18.1. The summed E-state index contributed by atoms with van der Waals surface area (Å²) in [5.41, 5.74) is 0.812. The second-order valence-electron chi connectivity index (χ2n) is 6.05. The molecule has 1 fully saturated rings. The Bertz CT molecular complexity index is 749. The summed E-state index contributed by atoms with van der Waals surface area (Å²) in [7, 11) is 0. The Morgan fingerprint density at radius 3 is 2.69 bits per heavy atom. The number of carboxylic acids is 1. The summed E-state index contributed by atoms with van der Waals surface area (Å²) in [6.45, 7) is 0.440. The predicted molar refractivity (Wildman–Crippen MR) is 87.6 cm³/mol. The quantitative estimate of drug-likeness (QED) is 0.845. The minimum Gasteiger partial charge on any atom is -0.480 e. The lowest BCUT2D eigenvalue weighted by atomic mass is 10.1. The van der Waals surface area contributed by atoms with Crippen LogP contribution in [0.3, 0.4) is 0 Å². The van der Waals surface area contributed by atoms with E-state index in [0.29, 0.717) is 5.56 Å². The van der Waals surface area contributed by atoms with Gasteiger partial charge < -0.3 is 14.7 Å². The van der Waals surface area contributed by atoms with Crippen molar-refractivity contribution in [2.75, 3.05) is 19.8 Å². The third-order valence-corrected chi connectivity index (χ3v) is 4.27. The molecule has 1 aromatic rings. The first-order valence-electron chi connectivity index (χ1n) is 8.19. The molecular formula is C17H18FN3O5. The number of aliphatic carboxylic acids is 1. The number of nitrogens with zero attached hydrogens (tertiary/aromatic N) is 3. The number of hydrogen-bond acceptors (Lipinski definition) is 5. The largest absolute Gasteiger partial charge is 0.480 e. The van der Waals surface area contributed by atoms with Gasteiger partial charge in [-0.3, -0.25) is 9.59 Å².